The predicted octanol–water partition coefficient (Wildman–Crippen LogP) is -0.907. The molecule has 6 nitrogen and oxygen atoms in total. The fraction of sp³-hybridized carbons (Fsp3) is 0.455. The summed E-state index contributed by atoms with van der Waals surface area (Å²) >= 11 is 0. The van der Waals surface area contributed by atoms with E-state index in [0.717, 1.165) is 6.54 Å². The van der Waals surface area contributed by atoms with Crippen LogP contribution in [0.25, 0.3) is 0 Å². The number of carbonyl (C=O) groups excluding carboxylic acids is 1. The van der Waals surface area contributed by atoms with Crippen molar-refractivity contribution in [3.05, 3.63) is 34.2 Å². The van der Waals surface area contributed by atoms with Gasteiger partial charge in [0.1, 0.15) is 5.56 Å². The van der Waals surface area contributed by atoms with Crippen LogP contribution in [0.1, 0.15) is 10.4 Å². The summed E-state index contributed by atoms with van der Waals surface area (Å²) in [5, 5.41) is 5.92. The standard InChI is InChI=1S/C11H15N3O3/c15-10-1-2-12-6-9(10)11(16)14-5-8-7-17-4-3-13-8/h1-2,6,8,13H,3-5,7H2,(H,12,15)(H,14,16). The third-order valence-corrected chi connectivity index (χ3v) is 2.58. The molecule has 1 amide bonds. The van der Waals surface area contributed by atoms with Gasteiger partial charge in [-0.15, -0.1) is 0 Å². The van der Waals surface area contributed by atoms with Gasteiger partial charge in [0.15, 0.2) is 5.43 Å². The van der Waals surface area contributed by atoms with Crippen molar-refractivity contribution in [2.75, 3.05) is 26.3 Å². The molecule has 0 bridgehead atoms. The van der Waals surface area contributed by atoms with Crippen LogP contribution < -0.4 is 16.1 Å². The summed E-state index contributed by atoms with van der Waals surface area (Å²) in [5.41, 5.74) is -0.154. The van der Waals surface area contributed by atoms with E-state index in [1.54, 1.807) is 0 Å². The predicted molar refractivity (Wildman–Crippen MR) is 62.0 cm³/mol. The Morgan fingerprint density at radius 1 is 1.59 bits per heavy atom. The minimum Gasteiger partial charge on any atom is -0.378 e. The molecule has 1 aromatic rings. The Morgan fingerprint density at radius 2 is 2.47 bits per heavy atom. The number of morpholine rings is 1. The van der Waals surface area contributed by atoms with Gasteiger partial charge in [0.05, 0.1) is 13.2 Å². The molecule has 1 atom stereocenters. The third-order valence-electron chi connectivity index (χ3n) is 2.58. The zero-order valence-electron chi connectivity index (χ0n) is 9.36. The quantitative estimate of drug-likeness (QED) is 0.636. The number of aromatic nitrogens is 1. The molecule has 6 heteroatoms. The highest BCUT2D eigenvalue weighted by molar-refractivity contribution is 5.93. The molecule has 1 aliphatic heterocycles. The molecule has 0 aliphatic carbocycles. The smallest absolute Gasteiger partial charge is 0.256 e. The van der Waals surface area contributed by atoms with Crippen LogP contribution in [0.2, 0.25) is 0 Å². The summed E-state index contributed by atoms with van der Waals surface area (Å²) < 4.78 is 5.26. The van der Waals surface area contributed by atoms with Gasteiger partial charge in [-0.05, 0) is 0 Å². The molecular formula is C11H15N3O3. The van der Waals surface area contributed by atoms with Gasteiger partial charge in [-0.1, -0.05) is 0 Å². The lowest BCUT2D eigenvalue weighted by Gasteiger charge is -2.23. The molecule has 1 aliphatic rings. The van der Waals surface area contributed by atoms with Gasteiger partial charge in [0.2, 0.25) is 0 Å². The number of pyridine rings is 1. The number of ether oxygens (including phenoxy) is 1. The first kappa shape index (κ1) is 11.8. The summed E-state index contributed by atoms with van der Waals surface area (Å²) in [7, 11) is 0. The maximum atomic E-state index is 11.7. The van der Waals surface area contributed by atoms with E-state index in [1.165, 1.54) is 18.5 Å². The van der Waals surface area contributed by atoms with Crippen LogP contribution in [0.3, 0.4) is 0 Å². The number of amides is 1. The van der Waals surface area contributed by atoms with Gasteiger partial charge in [-0.3, -0.25) is 9.59 Å². The van der Waals surface area contributed by atoms with Crippen LogP contribution in [0, 0.1) is 0 Å². The molecular weight excluding hydrogens is 222 g/mol. The zero-order valence-corrected chi connectivity index (χ0v) is 9.36. The Bertz CT molecular complexity index is 438. The van der Waals surface area contributed by atoms with E-state index < -0.39 is 0 Å². The Hall–Kier alpha value is -1.66. The molecule has 1 fully saturated rings. The van der Waals surface area contributed by atoms with Crippen LogP contribution in [-0.4, -0.2) is 43.2 Å². The number of aromatic amines is 1. The Labute approximate surface area is 98.4 Å². The Balaban J connectivity index is 1.89. The number of rotatable bonds is 3. The number of hydrogen-bond acceptors (Lipinski definition) is 4. The highest BCUT2D eigenvalue weighted by atomic mass is 16.5. The molecule has 0 aromatic carbocycles. The molecule has 0 saturated carbocycles. The molecule has 17 heavy (non-hydrogen) atoms. The number of carbonyl (C=O) groups is 1. The second-order valence-corrected chi connectivity index (χ2v) is 3.86. The fourth-order valence-corrected chi connectivity index (χ4v) is 1.66. The summed E-state index contributed by atoms with van der Waals surface area (Å²) in [6.45, 7) is 2.51. The lowest BCUT2D eigenvalue weighted by Crippen LogP contribution is -2.48. The van der Waals surface area contributed by atoms with Crippen molar-refractivity contribution in [3.8, 4) is 0 Å². The molecule has 92 valence electrons. The normalized spacial score (nSPS) is 19.9. The van der Waals surface area contributed by atoms with Gasteiger partial charge in [-0.25, -0.2) is 0 Å². The molecule has 2 rings (SSSR count). The monoisotopic (exact) mass is 237 g/mol. The van der Waals surface area contributed by atoms with Gasteiger partial charge >= 0.3 is 0 Å². The van der Waals surface area contributed by atoms with Crippen LogP contribution >= 0.6 is 0 Å². The van der Waals surface area contributed by atoms with E-state index in [-0.39, 0.29) is 22.9 Å². The van der Waals surface area contributed by atoms with Gasteiger partial charge < -0.3 is 20.4 Å². The first-order valence-corrected chi connectivity index (χ1v) is 5.54. The van der Waals surface area contributed by atoms with E-state index in [2.05, 4.69) is 15.6 Å². The average molecular weight is 237 g/mol. The molecule has 1 aromatic heterocycles. The third kappa shape index (κ3) is 3.15. The van der Waals surface area contributed by atoms with E-state index in [0.29, 0.717) is 19.8 Å². The first-order chi connectivity index (χ1) is 8.27. The van der Waals surface area contributed by atoms with Crippen molar-refractivity contribution in [1.82, 2.24) is 15.6 Å². The Morgan fingerprint density at radius 3 is 3.18 bits per heavy atom. The summed E-state index contributed by atoms with van der Waals surface area (Å²) in [6.07, 6.45) is 2.90. The van der Waals surface area contributed by atoms with Crippen molar-refractivity contribution >= 4 is 5.91 Å². The molecule has 0 spiro atoms. The van der Waals surface area contributed by atoms with Crippen LogP contribution in [0.4, 0.5) is 0 Å². The van der Waals surface area contributed by atoms with Gasteiger partial charge in [0.25, 0.3) is 5.91 Å². The minimum absolute atomic E-state index is 0.107. The van der Waals surface area contributed by atoms with E-state index >= 15 is 0 Å². The SMILES string of the molecule is O=C(NCC1COCCN1)c1c[nH]ccc1=O. The van der Waals surface area contributed by atoms with Crippen LogP contribution in [0.5, 0.6) is 0 Å². The van der Waals surface area contributed by atoms with Crippen molar-refractivity contribution in [1.29, 1.82) is 0 Å². The molecule has 2 heterocycles. The lowest BCUT2D eigenvalue weighted by atomic mass is 10.2. The Kier molecular flexibility index (Phi) is 3.89. The topological polar surface area (TPSA) is 83.2 Å². The van der Waals surface area contributed by atoms with Crippen molar-refractivity contribution in [3.63, 3.8) is 0 Å². The number of nitrogens with one attached hydrogen (secondary N) is 3. The summed E-state index contributed by atoms with van der Waals surface area (Å²) in [4.78, 5) is 25.8. The average Bonchev–Trinajstić information content (AvgIpc) is 2.38. The molecule has 1 saturated heterocycles. The maximum absolute atomic E-state index is 11.7. The van der Waals surface area contributed by atoms with Crippen molar-refractivity contribution in [2.24, 2.45) is 0 Å². The molecule has 1 unspecified atom stereocenters. The zero-order chi connectivity index (χ0) is 12.1. The molecule has 0 radical (unpaired) electrons. The summed E-state index contributed by atoms with van der Waals surface area (Å²) in [5.74, 6) is -0.362. The number of H-pyrrole nitrogens is 1. The number of hydrogen-bond donors (Lipinski definition) is 3. The van der Waals surface area contributed by atoms with Crippen LogP contribution in [-0.2, 0) is 4.74 Å². The fourth-order valence-electron chi connectivity index (χ4n) is 1.66. The highest BCUT2D eigenvalue weighted by Gasteiger charge is 2.15. The highest BCUT2D eigenvalue weighted by Crippen LogP contribution is 1.93. The largest absolute Gasteiger partial charge is 0.378 e. The van der Waals surface area contributed by atoms with E-state index in [4.69, 9.17) is 4.74 Å². The van der Waals surface area contributed by atoms with Gasteiger partial charge in [0, 0.05) is 37.6 Å². The van der Waals surface area contributed by atoms with Crippen molar-refractivity contribution < 1.29 is 9.53 Å². The second kappa shape index (κ2) is 5.60. The van der Waals surface area contributed by atoms with E-state index in [1.807, 2.05) is 0 Å². The first-order valence-electron chi connectivity index (χ1n) is 5.54. The van der Waals surface area contributed by atoms with Crippen LogP contribution in [0.15, 0.2) is 23.3 Å². The minimum atomic E-state index is -0.362. The second-order valence-electron chi connectivity index (χ2n) is 3.86. The van der Waals surface area contributed by atoms with E-state index in [9.17, 15) is 9.59 Å². The van der Waals surface area contributed by atoms with Crippen molar-refractivity contribution in [2.45, 2.75) is 6.04 Å². The lowest BCUT2D eigenvalue weighted by molar-refractivity contribution is 0.0734. The maximum Gasteiger partial charge on any atom is 0.256 e. The summed E-state index contributed by atoms with van der Waals surface area (Å²) in [6, 6.07) is 1.44. The molecule has 3 N–H and O–H groups in total. The van der Waals surface area contributed by atoms with Gasteiger partial charge in [-0.2, -0.15) is 0 Å².